The molecule has 0 saturated heterocycles. The Labute approximate surface area is 162 Å². The molecular weight excluding hydrogens is 400 g/mol. The van der Waals surface area contributed by atoms with Gasteiger partial charge in [0.05, 0.1) is 21.0 Å². The van der Waals surface area contributed by atoms with Crippen molar-refractivity contribution in [3.63, 3.8) is 0 Å². The van der Waals surface area contributed by atoms with E-state index in [1.807, 2.05) is 24.5 Å². The monoisotopic (exact) mass is 412 g/mol. The first-order valence-electron chi connectivity index (χ1n) is 8.73. The molecule has 0 unspecified atom stereocenters. The van der Waals surface area contributed by atoms with Crippen molar-refractivity contribution in [1.29, 1.82) is 0 Å². The molecule has 4 nitrogen and oxygen atoms in total. The van der Waals surface area contributed by atoms with Gasteiger partial charge in [0.25, 0.3) is 0 Å². The maximum absolute atomic E-state index is 4.78. The summed E-state index contributed by atoms with van der Waals surface area (Å²) in [5.74, 6) is 0.833. The number of fused-ring (bicyclic) bond motifs is 6. The number of hydrogen-bond acceptors (Lipinski definition) is 2. The number of benzene rings is 2. The third-order valence-corrected chi connectivity index (χ3v) is 5.94. The van der Waals surface area contributed by atoms with Gasteiger partial charge in [-0.25, -0.2) is 9.97 Å². The van der Waals surface area contributed by atoms with Crippen LogP contribution in [0.2, 0.25) is 0 Å². The predicted octanol–water partition coefficient (Wildman–Crippen LogP) is 5.74. The Hall–Kier alpha value is -3.18. The van der Waals surface area contributed by atoms with E-state index in [9.17, 15) is 0 Å². The lowest BCUT2D eigenvalue weighted by Gasteiger charge is -2.10. The molecule has 5 heteroatoms. The van der Waals surface area contributed by atoms with Crippen LogP contribution in [0.15, 0.2) is 83.6 Å². The fourth-order valence-electron chi connectivity index (χ4n) is 3.97. The first kappa shape index (κ1) is 14.9. The summed E-state index contributed by atoms with van der Waals surface area (Å²) in [6.07, 6.45) is 3.68. The molecule has 0 aliphatic heterocycles. The van der Waals surface area contributed by atoms with Crippen molar-refractivity contribution in [2.75, 3.05) is 0 Å². The zero-order valence-electron chi connectivity index (χ0n) is 14.2. The summed E-state index contributed by atoms with van der Waals surface area (Å²) in [6, 6.07) is 23.0. The quantitative estimate of drug-likeness (QED) is 0.345. The molecule has 0 spiro atoms. The van der Waals surface area contributed by atoms with E-state index in [1.54, 1.807) is 0 Å². The molecule has 0 amide bonds. The average Bonchev–Trinajstić information content (AvgIpc) is 3.22. The first-order valence-corrected chi connectivity index (χ1v) is 9.52. The van der Waals surface area contributed by atoms with Gasteiger partial charge in [-0.05, 0) is 46.3 Å². The second kappa shape index (κ2) is 5.41. The second-order valence-electron chi connectivity index (χ2n) is 6.52. The van der Waals surface area contributed by atoms with Crippen LogP contribution in [0.4, 0.5) is 0 Å². The highest BCUT2D eigenvalue weighted by molar-refractivity contribution is 9.10. The topological polar surface area (TPSA) is 35.1 Å². The minimum atomic E-state index is 0.833. The van der Waals surface area contributed by atoms with E-state index >= 15 is 0 Å². The van der Waals surface area contributed by atoms with Crippen molar-refractivity contribution < 1.29 is 0 Å². The second-order valence-corrected chi connectivity index (χ2v) is 7.32. The zero-order valence-corrected chi connectivity index (χ0v) is 15.8. The molecule has 4 heterocycles. The number of aromatic nitrogens is 4. The van der Waals surface area contributed by atoms with Gasteiger partial charge in [0.1, 0.15) is 5.65 Å². The number of rotatable bonds is 1. The maximum Gasteiger partial charge on any atom is 0.221 e. The van der Waals surface area contributed by atoms with E-state index in [0.29, 0.717) is 0 Å². The molecule has 0 radical (unpaired) electrons. The molecule has 27 heavy (non-hydrogen) atoms. The summed E-state index contributed by atoms with van der Waals surface area (Å²) in [4.78, 5) is 9.42. The van der Waals surface area contributed by atoms with Gasteiger partial charge in [-0.3, -0.25) is 8.97 Å². The summed E-state index contributed by atoms with van der Waals surface area (Å²) < 4.78 is 5.38. The fourth-order valence-corrected chi connectivity index (χ4v) is 4.59. The van der Waals surface area contributed by atoms with Crippen LogP contribution in [-0.4, -0.2) is 18.9 Å². The van der Waals surface area contributed by atoms with Gasteiger partial charge >= 0.3 is 0 Å². The van der Waals surface area contributed by atoms with Crippen LogP contribution in [0.1, 0.15) is 0 Å². The van der Waals surface area contributed by atoms with E-state index in [0.717, 1.165) is 38.0 Å². The molecule has 0 bridgehead atoms. The van der Waals surface area contributed by atoms with Crippen LogP contribution in [-0.2, 0) is 0 Å². The highest BCUT2D eigenvalue weighted by atomic mass is 79.9. The fraction of sp³-hybridized carbons (Fsp3) is 0. The zero-order chi connectivity index (χ0) is 18.0. The van der Waals surface area contributed by atoms with Crippen LogP contribution in [0.25, 0.3) is 44.3 Å². The summed E-state index contributed by atoms with van der Waals surface area (Å²) in [6.45, 7) is 0. The van der Waals surface area contributed by atoms with E-state index in [-0.39, 0.29) is 0 Å². The van der Waals surface area contributed by atoms with Gasteiger partial charge in [0.2, 0.25) is 5.95 Å². The standard InChI is InChI=1S/C22H13BrN4/c23-20-16-8-5-12-24-21(16)27-19(20)11-13-25-22(27)26-17-9-3-1-6-14(17)15-7-2-4-10-18(15)26/h1-13H. The number of pyridine rings is 1. The Morgan fingerprint density at radius 2 is 1.30 bits per heavy atom. The molecular formula is C22H13BrN4. The van der Waals surface area contributed by atoms with E-state index in [2.05, 4.69) is 84.5 Å². The molecule has 4 aromatic heterocycles. The Balaban J connectivity index is 1.88. The number of nitrogens with zero attached hydrogens (tertiary/aromatic N) is 4. The lowest BCUT2D eigenvalue weighted by atomic mass is 10.2. The normalized spacial score (nSPS) is 11.9. The summed E-state index contributed by atoms with van der Waals surface area (Å²) in [5.41, 5.74) is 4.21. The SMILES string of the molecule is Brc1c2cccnc2n2c(-n3c4ccccc4c4ccccc43)nccc12. The smallest absolute Gasteiger partial charge is 0.221 e. The largest absolute Gasteiger partial charge is 0.279 e. The Morgan fingerprint density at radius 3 is 2.04 bits per heavy atom. The molecule has 0 N–H and O–H groups in total. The molecule has 6 rings (SSSR count). The van der Waals surface area contributed by atoms with E-state index in [4.69, 9.17) is 4.98 Å². The molecule has 0 aliphatic carbocycles. The van der Waals surface area contributed by atoms with Crippen LogP contribution in [0.3, 0.4) is 0 Å². The molecule has 0 saturated carbocycles. The summed E-state index contributed by atoms with van der Waals surface area (Å²) in [7, 11) is 0. The Bertz CT molecular complexity index is 1440. The number of halogens is 1. The van der Waals surface area contributed by atoms with Crippen molar-refractivity contribution in [3.05, 3.63) is 83.6 Å². The molecule has 6 aromatic rings. The van der Waals surface area contributed by atoms with Crippen molar-refractivity contribution in [3.8, 4) is 5.95 Å². The third kappa shape index (κ3) is 1.92. The van der Waals surface area contributed by atoms with Gasteiger partial charge < -0.3 is 0 Å². The lowest BCUT2D eigenvalue weighted by Crippen LogP contribution is -2.05. The number of hydrogen-bond donors (Lipinski definition) is 0. The average molecular weight is 413 g/mol. The Kier molecular flexibility index (Phi) is 2.99. The molecule has 128 valence electrons. The molecule has 0 fully saturated rings. The highest BCUT2D eigenvalue weighted by Gasteiger charge is 2.18. The third-order valence-electron chi connectivity index (χ3n) is 5.10. The van der Waals surface area contributed by atoms with Crippen LogP contribution >= 0.6 is 15.9 Å². The van der Waals surface area contributed by atoms with Crippen molar-refractivity contribution in [1.82, 2.24) is 18.9 Å². The van der Waals surface area contributed by atoms with Gasteiger partial charge in [-0.2, -0.15) is 0 Å². The maximum atomic E-state index is 4.78. The first-order chi connectivity index (χ1) is 13.3. The lowest BCUT2D eigenvalue weighted by molar-refractivity contribution is 0.957. The van der Waals surface area contributed by atoms with Gasteiger partial charge in [0.15, 0.2) is 0 Å². The molecule has 0 atom stereocenters. The minimum absolute atomic E-state index is 0.833. The number of para-hydroxylation sites is 2. The van der Waals surface area contributed by atoms with Gasteiger partial charge in [0, 0.05) is 28.6 Å². The predicted molar refractivity (Wildman–Crippen MR) is 113 cm³/mol. The van der Waals surface area contributed by atoms with Crippen LogP contribution in [0, 0.1) is 0 Å². The summed E-state index contributed by atoms with van der Waals surface area (Å²) in [5, 5.41) is 3.51. The summed E-state index contributed by atoms with van der Waals surface area (Å²) >= 11 is 3.75. The van der Waals surface area contributed by atoms with Gasteiger partial charge in [-0.1, -0.05) is 36.4 Å². The highest BCUT2D eigenvalue weighted by Crippen LogP contribution is 2.35. The van der Waals surface area contributed by atoms with Crippen molar-refractivity contribution in [2.45, 2.75) is 0 Å². The van der Waals surface area contributed by atoms with E-state index < -0.39 is 0 Å². The van der Waals surface area contributed by atoms with Gasteiger partial charge in [-0.15, -0.1) is 0 Å². The van der Waals surface area contributed by atoms with Crippen LogP contribution < -0.4 is 0 Å². The molecule has 2 aromatic carbocycles. The van der Waals surface area contributed by atoms with Crippen LogP contribution in [0.5, 0.6) is 0 Å². The molecule has 0 aliphatic rings. The van der Waals surface area contributed by atoms with Crippen molar-refractivity contribution >= 4 is 54.3 Å². The van der Waals surface area contributed by atoms with Crippen molar-refractivity contribution in [2.24, 2.45) is 0 Å². The van der Waals surface area contributed by atoms with E-state index in [1.165, 1.54) is 10.8 Å². The Morgan fingerprint density at radius 1 is 0.630 bits per heavy atom. The minimum Gasteiger partial charge on any atom is -0.279 e.